The average Bonchev–Trinajstić information content (AvgIpc) is 3.67. The van der Waals surface area contributed by atoms with E-state index in [0.29, 0.717) is 19.4 Å². The van der Waals surface area contributed by atoms with E-state index >= 15 is 0 Å². The summed E-state index contributed by atoms with van der Waals surface area (Å²) >= 11 is 0. The zero-order valence-electron chi connectivity index (χ0n) is 62.6. The third kappa shape index (κ3) is 77.1. The van der Waals surface area contributed by atoms with E-state index in [2.05, 4.69) is 43.5 Å². The Labute approximate surface area is 576 Å². The predicted molar refractivity (Wildman–Crippen MR) is 407 cm³/mol. The minimum absolute atomic E-state index is 0.00986. The maximum atomic E-state index is 12.6. The highest BCUT2D eigenvalue weighted by Gasteiger charge is 2.18. The van der Waals surface area contributed by atoms with E-state index in [9.17, 15) is 19.8 Å². The van der Waals surface area contributed by atoms with Crippen LogP contribution in [-0.2, 0) is 14.3 Å². The third-order valence-electron chi connectivity index (χ3n) is 19.9. The van der Waals surface area contributed by atoms with Gasteiger partial charge in [0.1, 0.15) is 0 Å². The summed E-state index contributed by atoms with van der Waals surface area (Å²) < 4.78 is 5.49. The Hall–Kier alpha value is -1.92. The summed E-state index contributed by atoms with van der Waals surface area (Å²) in [4.78, 5) is 24.6. The number of hydrogen-bond donors (Lipinski definition) is 3. The average molecular weight is 1290 g/mol. The Kier molecular flexibility index (Phi) is 79.8. The number of nitrogens with one attached hydrogen (secondary N) is 1. The van der Waals surface area contributed by atoms with Crippen LogP contribution < -0.4 is 5.32 Å². The first-order valence-corrected chi connectivity index (χ1v) is 42.3. The van der Waals surface area contributed by atoms with Gasteiger partial charge in [-0.1, -0.05) is 442 Å². The highest BCUT2D eigenvalue weighted by Crippen LogP contribution is 2.21. The molecular formula is C86H165NO5. The minimum atomic E-state index is -0.841. The highest BCUT2D eigenvalue weighted by atomic mass is 16.5. The van der Waals surface area contributed by atoms with Gasteiger partial charge in [-0.15, -0.1) is 0 Å². The molecule has 0 rings (SSSR count). The number of ether oxygens (including phenoxy) is 1. The van der Waals surface area contributed by atoms with Crippen LogP contribution in [0, 0.1) is 0 Å². The van der Waals surface area contributed by atoms with Crippen molar-refractivity contribution in [1.82, 2.24) is 5.32 Å². The number of amides is 1. The van der Waals surface area contributed by atoms with Crippen LogP contribution in [0.15, 0.2) is 36.5 Å². The van der Waals surface area contributed by atoms with Gasteiger partial charge in [0.2, 0.25) is 5.91 Å². The number of unbranched alkanes of at least 4 members (excludes halogenated alkanes) is 65. The molecule has 2 atom stereocenters. The van der Waals surface area contributed by atoms with Crippen molar-refractivity contribution in [2.75, 3.05) is 13.2 Å². The molecule has 0 saturated heterocycles. The van der Waals surface area contributed by atoms with Crippen molar-refractivity contribution in [2.45, 2.75) is 488 Å². The van der Waals surface area contributed by atoms with Gasteiger partial charge in [-0.3, -0.25) is 9.59 Å². The van der Waals surface area contributed by atoms with Crippen LogP contribution in [0.1, 0.15) is 476 Å². The molecule has 0 heterocycles. The lowest BCUT2D eigenvalue weighted by molar-refractivity contribution is -0.143. The van der Waals surface area contributed by atoms with Crippen LogP contribution in [0.2, 0.25) is 0 Å². The second-order valence-corrected chi connectivity index (χ2v) is 29.2. The first-order chi connectivity index (χ1) is 45.5. The predicted octanol–water partition coefficient (Wildman–Crippen LogP) is 28.2. The zero-order chi connectivity index (χ0) is 66.3. The molecule has 0 aliphatic carbocycles. The minimum Gasteiger partial charge on any atom is -0.466 e. The molecule has 1 amide bonds. The molecular weight excluding hydrogens is 1130 g/mol. The molecule has 0 aromatic heterocycles. The van der Waals surface area contributed by atoms with Gasteiger partial charge in [-0.2, -0.15) is 0 Å². The van der Waals surface area contributed by atoms with Gasteiger partial charge in [-0.05, 0) is 57.8 Å². The summed E-state index contributed by atoms with van der Waals surface area (Å²) in [6.45, 7) is 4.91. The van der Waals surface area contributed by atoms with E-state index in [1.807, 2.05) is 6.08 Å². The highest BCUT2D eigenvalue weighted by molar-refractivity contribution is 5.76. The summed E-state index contributed by atoms with van der Waals surface area (Å²) in [5, 5.41) is 23.3. The Morgan fingerprint density at radius 1 is 0.304 bits per heavy atom. The SMILES string of the molecule is CCCC/C=C\C/C=C\CCCCCCCC(=O)OCCCCCCCCCCCCCCCCCCCCCCCCCCCCCCCCCCCCCCCCCC(=O)NC(CO)C(O)/C=C/CCCCCCCCCCCCCCCCCCCCCC. The number of aliphatic hydroxyl groups is 2. The monoisotopic (exact) mass is 1290 g/mol. The Bertz CT molecular complexity index is 1490. The van der Waals surface area contributed by atoms with E-state index in [0.717, 1.165) is 51.4 Å². The smallest absolute Gasteiger partial charge is 0.305 e. The van der Waals surface area contributed by atoms with Gasteiger partial charge in [0.05, 0.1) is 25.4 Å². The number of rotatable bonds is 80. The molecule has 6 heteroatoms. The maximum absolute atomic E-state index is 12.6. The van der Waals surface area contributed by atoms with Crippen LogP contribution in [0.3, 0.4) is 0 Å². The standard InChI is InChI=1S/C86H165NO5/c1-3-5-7-9-11-13-15-17-19-20-21-22-42-45-48-51-54-58-62-66-70-74-78-84(89)83(82-88)87-85(90)79-75-71-67-63-59-55-52-49-46-43-40-38-36-34-32-30-28-26-24-23-25-27-29-31-33-35-37-39-41-44-47-50-53-57-61-65-69-73-77-81-92-86(91)80-76-72-68-64-60-56-18-16-14-12-10-8-6-4-2/h10,12,16,18,74,78,83-84,88-89H,3-9,11,13-15,17,19-73,75-77,79-82H2,1-2H3,(H,87,90)/b12-10-,18-16-,78-74+. The molecule has 0 spiro atoms. The number of esters is 1. The van der Waals surface area contributed by atoms with Crippen molar-refractivity contribution >= 4 is 11.9 Å². The summed E-state index contributed by atoms with van der Waals surface area (Å²) in [7, 11) is 0. The molecule has 0 bridgehead atoms. The molecule has 0 aromatic rings. The number of allylic oxidation sites excluding steroid dienone is 5. The molecule has 0 aromatic carbocycles. The number of carbonyl (C=O) groups excluding carboxylic acids is 2. The normalized spacial score (nSPS) is 12.6. The lowest BCUT2D eigenvalue weighted by Crippen LogP contribution is -2.45. The summed E-state index contributed by atoms with van der Waals surface area (Å²) in [6, 6.07) is -0.624. The van der Waals surface area contributed by atoms with Crippen molar-refractivity contribution in [3.05, 3.63) is 36.5 Å². The molecule has 0 fully saturated rings. The van der Waals surface area contributed by atoms with E-state index < -0.39 is 12.1 Å². The second kappa shape index (κ2) is 81.5. The quantitative estimate of drug-likeness (QED) is 0.0320. The van der Waals surface area contributed by atoms with E-state index in [-0.39, 0.29) is 18.5 Å². The fourth-order valence-electron chi connectivity index (χ4n) is 13.5. The molecule has 0 aliphatic rings. The van der Waals surface area contributed by atoms with Gasteiger partial charge in [0.15, 0.2) is 0 Å². The first kappa shape index (κ1) is 90.1. The van der Waals surface area contributed by atoms with Gasteiger partial charge >= 0.3 is 5.97 Å². The second-order valence-electron chi connectivity index (χ2n) is 29.2. The fourth-order valence-corrected chi connectivity index (χ4v) is 13.5. The zero-order valence-corrected chi connectivity index (χ0v) is 62.6. The lowest BCUT2D eigenvalue weighted by Gasteiger charge is -2.20. The van der Waals surface area contributed by atoms with Crippen molar-refractivity contribution in [3.63, 3.8) is 0 Å². The molecule has 6 nitrogen and oxygen atoms in total. The summed E-state index contributed by atoms with van der Waals surface area (Å²) in [5.74, 6) is -0.0469. The fraction of sp³-hybridized carbons (Fsp3) is 0.907. The van der Waals surface area contributed by atoms with Crippen LogP contribution in [0.4, 0.5) is 0 Å². The molecule has 0 radical (unpaired) electrons. The number of aliphatic hydroxyl groups excluding tert-OH is 2. The van der Waals surface area contributed by atoms with E-state index in [4.69, 9.17) is 4.74 Å². The number of carbonyl (C=O) groups is 2. The van der Waals surface area contributed by atoms with Crippen molar-refractivity contribution in [2.24, 2.45) is 0 Å². The van der Waals surface area contributed by atoms with Crippen molar-refractivity contribution < 1.29 is 24.5 Å². The van der Waals surface area contributed by atoms with Gasteiger partial charge in [0.25, 0.3) is 0 Å². The van der Waals surface area contributed by atoms with Crippen molar-refractivity contribution in [1.29, 1.82) is 0 Å². The lowest BCUT2D eigenvalue weighted by atomic mass is 10.0. The van der Waals surface area contributed by atoms with Gasteiger partial charge in [0, 0.05) is 12.8 Å². The molecule has 0 aliphatic heterocycles. The topological polar surface area (TPSA) is 95.9 Å². The molecule has 2 unspecified atom stereocenters. The van der Waals surface area contributed by atoms with Crippen molar-refractivity contribution in [3.8, 4) is 0 Å². The van der Waals surface area contributed by atoms with Gasteiger partial charge in [-0.25, -0.2) is 0 Å². The molecule has 544 valence electrons. The first-order valence-electron chi connectivity index (χ1n) is 42.3. The summed E-state index contributed by atoms with van der Waals surface area (Å²) in [6.07, 6.45) is 107. The summed E-state index contributed by atoms with van der Waals surface area (Å²) in [5.41, 5.74) is 0. The molecule has 92 heavy (non-hydrogen) atoms. The largest absolute Gasteiger partial charge is 0.466 e. The van der Waals surface area contributed by atoms with E-state index in [1.54, 1.807) is 6.08 Å². The molecule has 3 N–H and O–H groups in total. The van der Waals surface area contributed by atoms with Crippen LogP contribution >= 0.6 is 0 Å². The Morgan fingerprint density at radius 3 is 0.859 bits per heavy atom. The van der Waals surface area contributed by atoms with Crippen LogP contribution in [0.25, 0.3) is 0 Å². The molecule has 0 saturated carbocycles. The van der Waals surface area contributed by atoms with Gasteiger partial charge < -0.3 is 20.3 Å². The van der Waals surface area contributed by atoms with E-state index in [1.165, 1.54) is 398 Å². The number of hydrogen-bond acceptors (Lipinski definition) is 5. The van der Waals surface area contributed by atoms with Crippen LogP contribution in [-0.4, -0.2) is 47.4 Å². The Balaban J connectivity index is 3.32. The third-order valence-corrected chi connectivity index (χ3v) is 19.9. The van der Waals surface area contributed by atoms with Crippen LogP contribution in [0.5, 0.6) is 0 Å². The Morgan fingerprint density at radius 2 is 0.554 bits per heavy atom. The maximum Gasteiger partial charge on any atom is 0.305 e.